The van der Waals surface area contributed by atoms with E-state index in [0.717, 1.165) is 24.0 Å². The van der Waals surface area contributed by atoms with Crippen LogP contribution in [0.25, 0.3) is 0 Å². The number of rotatable bonds is 5. The summed E-state index contributed by atoms with van der Waals surface area (Å²) in [5.41, 5.74) is 4.33. The molecule has 29 heavy (non-hydrogen) atoms. The molecule has 2 aliphatic heterocycles. The van der Waals surface area contributed by atoms with Gasteiger partial charge in [-0.25, -0.2) is 0 Å². The zero-order chi connectivity index (χ0) is 20.5. The molecule has 4 rings (SSSR count). The van der Waals surface area contributed by atoms with Crippen molar-refractivity contribution in [2.75, 3.05) is 13.2 Å². The van der Waals surface area contributed by atoms with Gasteiger partial charge < -0.3 is 10.1 Å². The van der Waals surface area contributed by atoms with Crippen molar-refractivity contribution in [3.8, 4) is 0 Å². The fourth-order valence-electron chi connectivity index (χ4n) is 3.91. The van der Waals surface area contributed by atoms with Gasteiger partial charge in [-0.05, 0) is 56.0 Å². The maximum Gasteiger partial charge on any atom is 0.261 e. The average molecular weight is 392 g/mol. The van der Waals surface area contributed by atoms with E-state index in [4.69, 9.17) is 4.74 Å². The van der Waals surface area contributed by atoms with Crippen molar-refractivity contribution >= 4 is 17.7 Å². The van der Waals surface area contributed by atoms with Crippen molar-refractivity contribution in [2.24, 2.45) is 0 Å². The first kappa shape index (κ1) is 19.3. The molecule has 3 amide bonds. The van der Waals surface area contributed by atoms with Crippen LogP contribution in [0.1, 0.15) is 60.6 Å². The van der Waals surface area contributed by atoms with Gasteiger partial charge >= 0.3 is 0 Å². The standard InChI is InChI=1S/C23H24N2O4/c1-14-5-6-17(15(2)10-14)12-24-21(26)16-7-8-19-20(11-16)23(28)25(22(19)27)13-18-4-3-9-29-18/h5-8,10-11,18H,3-4,9,12-13H2,1-2H3,(H,24,26). The minimum atomic E-state index is -0.357. The van der Waals surface area contributed by atoms with Crippen LogP contribution in [-0.2, 0) is 11.3 Å². The highest BCUT2D eigenvalue weighted by Crippen LogP contribution is 2.26. The summed E-state index contributed by atoms with van der Waals surface area (Å²) < 4.78 is 5.55. The quantitative estimate of drug-likeness (QED) is 0.794. The summed E-state index contributed by atoms with van der Waals surface area (Å²) in [7, 11) is 0. The number of hydrogen-bond donors (Lipinski definition) is 1. The normalized spacial score (nSPS) is 18.3. The Hall–Kier alpha value is -2.99. The summed E-state index contributed by atoms with van der Waals surface area (Å²) >= 11 is 0. The van der Waals surface area contributed by atoms with Crippen LogP contribution in [0.4, 0.5) is 0 Å². The maximum atomic E-state index is 12.7. The zero-order valence-corrected chi connectivity index (χ0v) is 16.7. The number of ether oxygens (including phenoxy) is 1. The van der Waals surface area contributed by atoms with Crippen LogP contribution in [-0.4, -0.2) is 41.9 Å². The first-order chi connectivity index (χ1) is 13.9. The van der Waals surface area contributed by atoms with Crippen molar-refractivity contribution in [2.45, 2.75) is 39.3 Å². The Morgan fingerprint density at radius 1 is 1.10 bits per heavy atom. The van der Waals surface area contributed by atoms with Crippen LogP contribution < -0.4 is 5.32 Å². The van der Waals surface area contributed by atoms with E-state index >= 15 is 0 Å². The molecule has 1 saturated heterocycles. The highest BCUT2D eigenvalue weighted by Gasteiger charge is 2.37. The van der Waals surface area contributed by atoms with Gasteiger partial charge in [0, 0.05) is 18.7 Å². The Balaban J connectivity index is 1.47. The Labute approximate surface area is 169 Å². The van der Waals surface area contributed by atoms with E-state index in [0.29, 0.717) is 24.3 Å². The largest absolute Gasteiger partial charge is 0.376 e. The lowest BCUT2D eigenvalue weighted by Crippen LogP contribution is -2.36. The highest BCUT2D eigenvalue weighted by molar-refractivity contribution is 6.22. The van der Waals surface area contributed by atoms with Crippen molar-refractivity contribution < 1.29 is 19.1 Å². The fourth-order valence-corrected chi connectivity index (χ4v) is 3.91. The SMILES string of the molecule is Cc1ccc(CNC(=O)c2ccc3c(c2)C(=O)N(CC2CCCO2)C3=O)c(C)c1. The van der Waals surface area contributed by atoms with Gasteiger partial charge in [0.1, 0.15) is 0 Å². The highest BCUT2D eigenvalue weighted by atomic mass is 16.5. The molecule has 0 radical (unpaired) electrons. The first-order valence-corrected chi connectivity index (χ1v) is 9.90. The van der Waals surface area contributed by atoms with E-state index < -0.39 is 0 Å². The molecular weight excluding hydrogens is 368 g/mol. The molecule has 1 unspecified atom stereocenters. The van der Waals surface area contributed by atoms with E-state index in [2.05, 4.69) is 11.4 Å². The van der Waals surface area contributed by atoms with Crippen molar-refractivity contribution in [1.29, 1.82) is 0 Å². The number of carbonyl (C=O) groups is 3. The third-order valence-electron chi connectivity index (χ3n) is 5.58. The van der Waals surface area contributed by atoms with Gasteiger partial charge in [-0.15, -0.1) is 0 Å². The second kappa shape index (κ2) is 7.79. The number of amides is 3. The molecule has 2 aromatic rings. The number of benzene rings is 2. The molecule has 0 saturated carbocycles. The molecule has 6 nitrogen and oxygen atoms in total. The molecule has 6 heteroatoms. The summed E-state index contributed by atoms with van der Waals surface area (Å²) in [6.45, 7) is 5.37. The molecule has 0 aliphatic carbocycles. The summed E-state index contributed by atoms with van der Waals surface area (Å²) in [4.78, 5) is 39.2. The first-order valence-electron chi connectivity index (χ1n) is 9.90. The Bertz CT molecular complexity index is 992. The number of hydrogen-bond acceptors (Lipinski definition) is 4. The predicted octanol–water partition coefficient (Wildman–Crippen LogP) is 3.01. The van der Waals surface area contributed by atoms with Crippen molar-refractivity contribution in [3.05, 3.63) is 69.8 Å². The second-order valence-corrected chi connectivity index (χ2v) is 7.73. The molecule has 1 N–H and O–H groups in total. The van der Waals surface area contributed by atoms with Crippen LogP contribution in [0.15, 0.2) is 36.4 Å². The van der Waals surface area contributed by atoms with Crippen molar-refractivity contribution in [3.63, 3.8) is 0 Å². The number of nitrogens with one attached hydrogen (secondary N) is 1. The third-order valence-corrected chi connectivity index (χ3v) is 5.58. The van der Waals surface area contributed by atoms with Crippen LogP contribution >= 0.6 is 0 Å². The Morgan fingerprint density at radius 3 is 2.62 bits per heavy atom. The van der Waals surface area contributed by atoms with Gasteiger partial charge in [-0.1, -0.05) is 23.8 Å². The summed E-state index contributed by atoms with van der Waals surface area (Å²) in [6.07, 6.45) is 1.69. The lowest BCUT2D eigenvalue weighted by atomic mass is 10.0. The van der Waals surface area contributed by atoms with Gasteiger partial charge in [0.05, 0.1) is 23.8 Å². The predicted molar refractivity (Wildman–Crippen MR) is 108 cm³/mol. The Kier molecular flexibility index (Phi) is 5.20. The smallest absolute Gasteiger partial charge is 0.261 e. The molecule has 0 aromatic heterocycles. The molecule has 2 aromatic carbocycles. The van der Waals surface area contributed by atoms with Crippen LogP contribution in [0.2, 0.25) is 0 Å². The van der Waals surface area contributed by atoms with Crippen LogP contribution in [0, 0.1) is 13.8 Å². The monoisotopic (exact) mass is 392 g/mol. The number of fused-ring (bicyclic) bond motifs is 1. The summed E-state index contributed by atoms with van der Waals surface area (Å²) in [5.74, 6) is -0.946. The minimum Gasteiger partial charge on any atom is -0.376 e. The van der Waals surface area contributed by atoms with Gasteiger partial charge in [-0.3, -0.25) is 19.3 Å². The molecule has 2 heterocycles. The molecular formula is C23H24N2O4. The van der Waals surface area contributed by atoms with Crippen LogP contribution in [0.3, 0.4) is 0 Å². The zero-order valence-electron chi connectivity index (χ0n) is 16.7. The lowest BCUT2D eigenvalue weighted by molar-refractivity contribution is 0.0475. The minimum absolute atomic E-state index is 0.0993. The fraction of sp³-hybridized carbons (Fsp3) is 0.348. The molecule has 0 bridgehead atoms. The van der Waals surface area contributed by atoms with Crippen molar-refractivity contribution in [1.82, 2.24) is 10.2 Å². The van der Waals surface area contributed by atoms with Gasteiger partial charge in [-0.2, -0.15) is 0 Å². The van der Waals surface area contributed by atoms with Gasteiger partial charge in [0.2, 0.25) is 0 Å². The Morgan fingerprint density at radius 2 is 1.90 bits per heavy atom. The van der Waals surface area contributed by atoms with Crippen LogP contribution in [0.5, 0.6) is 0 Å². The van der Waals surface area contributed by atoms with E-state index in [1.54, 1.807) is 12.1 Å². The molecule has 0 spiro atoms. The average Bonchev–Trinajstić information content (AvgIpc) is 3.30. The summed E-state index contributed by atoms with van der Waals surface area (Å²) in [5, 5.41) is 2.89. The second-order valence-electron chi connectivity index (χ2n) is 7.73. The molecule has 2 aliphatic rings. The number of nitrogens with zero attached hydrogens (tertiary/aromatic N) is 1. The number of imide groups is 1. The van der Waals surface area contributed by atoms with Gasteiger partial charge in [0.15, 0.2) is 0 Å². The molecule has 1 fully saturated rings. The van der Waals surface area contributed by atoms with E-state index in [1.807, 2.05) is 26.0 Å². The van der Waals surface area contributed by atoms with E-state index in [9.17, 15) is 14.4 Å². The number of carbonyl (C=O) groups excluding carboxylic acids is 3. The lowest BCUT2D eigenvalue weighted by Gasteiger charge is -2.17. The van der Waals surface area contributed by atoms with Gasteiger partial charge in [0.25, 0.3) is 17.7 Å². The van der Waals surface area contributed by atoms with E-state index in [-0.39, 0.29) is 35.9 Å². The summed E-state index contributed by atoms with van der Waals surface area (Å²) in [6, 6.07) is 10.8. The molecule has 150 valence electrons. The topological polar surface area (TPSA) is 75.7 Å². The number of aryl methyl sites for hydroxylation is 2. The molecule has 1 atom stereocenters. The third kappa shape index (κ3) is 3.80. The maximum absolute atomic E-state index is 12.7. The van der Waals surface area contributed by atoms with E-state index in [1.165, 1.54) is 16.5 Å².